The smallest absolute Gasteiger partial charge is 0.407 e. The summed E-state index contributed by atoms with van der Waals surface area (Å²) >= 11 is 0. The fourth-order valence-electron chi connectivity index (χ4n) is 4.84. The Morgan fingerprint density at radius 2 is 1.76 bits per heavy atom. The zero-order valence-corrected chi connectivity index (χ0v) is 19.5. The van der Waals surface area contributed by atoms with Crippen LogP contribution in [0.1, 0.15) is 36.8 Å². The highest BCUT2D eigenvalue weighted by Crippen LogP contribution is 2.44. The molecule has 0 aromatic heterocycles. The van der Waals surface area contributed by atoms with Crippen molar-refractivity contribution in [2.45, 2.75) is 31.2 Å². The summed E-state index contributed by atoms with van der Waals surface area (Å²) in [7, 11) is 1.50. The highest BCUT2D eigenvalue weighted by atomic mass is 16.5. The highest BCUT2D eigenvalue weighted by Gasteiger charge is 2.48. The van der Waals surface area contributed by atoms with E-state index >= 15 is 0 Å². The van der Waals surface area contributed by atoms with Crippen molar-refractivity contribution in [2.24, 2.45) is 5.92 Å². The van der Waals surface area contributed by atoms with E-state index in [0.29, 0.717) is 13.0 Å². The number of nitrogens with one attached hydrogen (secondary N) is 1. The molecule has 0 bridgehead atoms. The van der Waals surface area contributed by atoms with Crippen molar-refractivity contribution >= 4 is 18.0 Å². The molecule has 1 aliphatic carbocycles. The molecule has 2 aliphatic rings. The maximum absolute atomic E-state index is 12.8. The van der Waals surface area contributed by atoms with Crippen LogP contribution in [0.2, 0.25) is 0 Å². The number of alkyl carbamates (subject to hydrolysis) is 1. The molecule has 2 atom stereocenters. The van der Waals surface area contributed by atoms with Crippen LogP contribution < -0.4 is 5.32 Å². The lowest BCUT2D eigenvalue weighted by Crippen LogP contribution is -2.57. The number of fused-ring (bicyclic) bond motifs is 3. The van der Waals surface area contributed by atoms with Gasteiger partial charge in [0.25, 0.3) is 0 Å². The lowest BCUT2D eigenvalue weighted by molar-refractivity contribution is -0.159. The maximum atomic E-state index is 12.8. The van der Waals surface area contributed by atoms with E-state index in [0.717, 1.165) is 22.3 Å². The predicted octanol–water partition coefficient (Wildman–Crippen LogP) is 3.25. The van der Waals surface area contributed by atoms with E-state index < -0.39 is 23.5 Å². The van der Waals surface area contributed by atoms with Gasteiger partial charge in [-0.15, -0.1) is 0 Å². The number of amides is 2. The van der Waals surface area contributed by atoms with Gasteiger partial charge in [-0.05, 0) is 28.7 Å². The predicted molar refractivity (Wildman–Crippen MR) is 125 cm³/mol. The number of aliphatic carboxylic acids is 1. The molecule has 1 heterocycles. The first-order valence-electron chi connectivity index (χ1n) is 11.5. The highest BCUT2D eigenvalue weighted by molar-refractivity contribution is 5.88. The molecular weight excluding hydrogens is 436 g/mol. The lowest BCUT2D eigenvalue weighted by Gasteiger charge is -2.35. The molecule has 0 radical (unpaired) electrons. The van der Waals surface area contributed by atoms with E-state index in [1.807, 2.05) is 24.3 Å². The normalized spacial score (nSPS) is 19.7. The minimum atomic E-state index is -1.33. The van der Waals surface area contributed by atoms with Crippen molar-refractivity contribution in [3.05, 3.63) is 59.7 Å². The van der Waals surface area contributed by atoms with Gasteiger partial charge in [0.05, 0.1) is 6.61 Å². The van der Waals surface area contributed by atoms with Crippen LogP contribution >= 0.6 is 0 Å². The zero-order chi connectivity index (χ0) is 24.3. The Kier molecular flexibility index (Phi) is 6.88. The largest absolute Gasteiger partial charge is 0.479 e. The SMILES string of the molecule is CC(CCNC(=O)OCC1c2ccccc2-c2ccccc21)C(=O)N(C)C1(C(=O)O)CCOC1. The summed E-state index contributed by atoms with van der Waals surface area (Å²) in [4.78, 5) is 38.2. The van der Waals surface area contributed by atoms with Crippen molar-refractivity contribution < 1.29 is 29.0 Å². The van der Waals surface area contributed by atoms with Gasteiger partial charge in [0.2, 0.25) is 5.91 Å². The minimum Gasteiger partial charge on any atom is -0.479 e. The molecule has 8 heteroatoms. The molecule has 2 N–H and O–H groups in total. The first-order valence-corrected chi connectivity index (χ1v) is 11.5. The average molecular weight is 467 g/mol. The Balaban J connectivity index is 1.27. The van der Waals surface area contributed by atoms with E-state index in [2.05, 4.69) is 29.6 Å². The van der Waals surface area contributed by atoms with Crippen molar-refractivity contribution in [1.29, 1.82) is 0 Å². The van der Waals surface area contributed by atoms with Gasteiger partial charge in [0.15, 0.2) is 5.54 Å². The molecule has 8 nitrogen and oxygen atoms in total. The lowest BCUT2D eigenvalue weighted by atomic mass is 9.94. The molecule has 4 rings (SSSR count). The Hall–Kier alpha value is -3.39. The topological polar surface area (TPSA) is 105 Å². The third-order valence-electron chi connectivity index (χ3n) is 6.98. The van der Waals surface area contributed by atoms with Crippen LogP contribution in [0.4, 0.5) is 4.79 Å². The molecule has 0 saturated carbocycles. The summed E-state index contributed by atoms with van der Waals surface area (Å²) in [6.07, 6.45) is 0.0835. The molecule has 2 amide bonds. The Labute approximate surface area is 198 Å². The van der Waals surface area contributed by atoms with Crippen LogP contribution in [0.5, 0.6) is 0 Å². The Morgan fingerprint density at radius 1 is 1.15 bits per heavy atom. The van der Waals surface area contributed by atoms with E-state index in [9.17, 15) is 19.5 Å². The summed E-state index contributed by atoms with van der Waals surface area (Å²) in [6, 6.07) is 16.3. The van der Waals surface area contributed by atoms with E-state index in [4.69, 9.17) is 9.47 Å². The first kappa shape index (κ1) is 23.8. The van der Waals surface area contributed by atoms with Crippen LogP contribution in [0.25, 0.3) is 11.1 Å². The number of likely N-dealkylation sites (N-methyl/N-ethyl adjacent to an activating group) is 1. The average Bonchev–Trinajstić information content (AvgIpc) is 3.46. The molecule has 34 heavy (non-hydrogen) atoms. The van der Waals surface area contributed by atoms with Crippen molar-refractivity contribution in [3.8, 4) is 11.1 Å². The van der Waals surface area contributed by atoms with Crippen molar-refractivity contribution in [2.75, 3.05) is 33.4 Å². The number of carboxylic acid groups (broad SMARTS) is 1. The first-order chi connectivity index (χ1) is 16.3. The van der Waals surface area contributed by atoms with Gasteiger partial charge in [-0.2, -0.15) is 0 Å². The van der Waals surface area contributed by atoms with Gasteiger partial charge in [-0.25, -0.2) is 9.59 Å². The number of carbonyl (C=O) groups is 3. The second kappa shape index (κ2) is 9.85. The molecule has 1 saturated heterocycles. The third-order valence-corrected chi connectivity index (χ3v) is 6.98. The van der Waals surface area contributed by atoms with Gasteiger partial charge >= 0.3 is 12.1 Å². The second-order valence-electron chi connectivity index (χ2n) is 8.98. The van der Waals surface area contributed by atoms with E-state index in [-0.39, 0.29) is 38.0 Å². The zero-order valence-electron chi connectivity index (χ0n) is 19.5. The summed E-state index contributed by atoms with van der Waals surface area (Å²) < 4.78 is 10.8. The van der Waals surface area contributed by atoms with Crippen LogP contribution in [0.15, 0.2) is 48.5 Å². The van der Waals surface area contributed by atoms with E-state index in [1.54, 1.807) is 6.92 Å². The molecule has 2 unspecified atom stereocenters. The Morgan fingerprint density at radius 3 is 2.32 bits per heavy atom. The number of rotatable bonds is 8. The molecule has 2 aromatic carbocycles. The molecule has 0 spiro atoms. The van der Waals surface area contributed by atoms with Gasteiger partial charge in [-0.3, -0.25) is 4.79 Å². The second-order valence-corrected chi connectivity index (χ2v) is 8.98. The maximum Gasteiger partial charge on any atom is 0.407 e. The van der Waals surface area contributed by atoms with Gasteiger partial charge < -0.3 is 24.8 Å². The fraction of sp³-hybridized carbons (Fsp3) is 0.423. The van der Waals surface area contributed by atoms with Gasteiger partial charge in [0, 0.05) is 38.5 Å². The summed E-state index contributed by atoms with van der Waals surface area (Å²) in [6.45, 7) is 2.48. The molecule has 1 aliphatic heterocycles. The van der Waals surface area contributed by atoms with E-state index in [1.165, 1.54) is 11.9 Å². The van der Waals surface area contributed by atoms with Crippen molar-refractivity contribution in [3.63, 3.8) is 0 Å². The number of nitrogens with zero attached hydrogens (tertiary/aromatic N) is 1. The summed E-state index contributed by atoms with van der Waals surface area (Å²) in [5.41, 5.74) is 3.28. The molecule has 180 valence electrons. The number of ether oxygens (including phenoxy) is 2. The summed E-state index contributed by atoms with van der Waals surface area (Å²) in [5.74, 6) is -1.84. The third kappa shape index (κ3) is 4.37. The van der Waals surface area contributed by atoms with Crippen LogP contribution in [0.3, 0.4) is 0 Å². The Bertz CT molecular complexity index is 1030. The number of carboxylic acids is 1. The van der Waals surface area contributed by atoms with Crippen LogP contribution in [0, 0.1) is 5.92 Å². The molecular formula is C26H30N2O6. The fourth-order valence-corrected chi connectivity index (χ4v) is 4.84. The van der Waals surface area contributed by atoms with Crippen molar-refractivity contribution in [1.82, 2.24) is 10.2 Å². The summed E-state index contributed by atoms with van der Waals surface area (Å²) in [5, 5.41) is 12.3. The standard InChI is InChI=1S/C26H30N2O6/c1-17(23(29)28(2)26(24(30)31)12-14-33-16-26)11-13-27-25(32)34-15-22-20-9-5-3-7-18(20)19-8-4-6-10-21(19)22/h3-10,17,22H,11-16H2,1-2H3,(H,27,32)(H,30,31). The molecule has 1 fully saturated rings. The minimum absolute atomic E-state index is 0.0186. The number of hydrogen-bond donors (Lipinski definition) is 2. The number of carbonyl (C=O) groups excluding carboxylic acids is 2. The van der Waals surface area contributed by atoms with Crippen LogP contribution in [-0.2, 0) is 19.1 Å². The number of hydrogen-bond acceptors (Lipinski definition) is 5. The quantitative estimate of drug-likeness (QED) is 0.619. The van der Waals surface area contributed by atoms with Gasteiger partial charge in [0.1, 0.15) is 6.61 Å². The van der Waals surface area contributed by atoms with Crippen LogP contribution in [-0.4, -0.2) is 66.9 Å². The van der Waals surface area contributed by atoms with Gasteiger partial charge in [-0.1, -0.05) is 55.5 Å². The number of benzene rings is 2. The molecule has 2 aromatic rings. The monoisotopic (exact) mass is 466 g/mol.